The van der Waals surface area contributed by atoms with Crippen molar-refractivity contribution in [2.45, 2.75) is 20.4 Å². The Morgan fingerprint density at radius 1 is 1.41 bits per heavy atom. The zero-order valence-electron chi connectivity index (χ0n) is 9.77. The van der Waals surface area contributed by atoms with E-state index in [9.17, 15) is 4.79 Å². The molecule has 0 aliphatic heterocycles. The molecule has 0 amide bonds. The van der Waals surface area contributed by atoms with Crippen molar-refractivity contribution in [3.05, 3.63) is 35.5 Å². The van der Waals surface area contributed by atoms with Crippen LogP contribution in [-0.2, 0) is 11.3 Å². The number of nitrogens with zero attached hydrogens (tertiary/aromatic N) is 1. The lowest BCUT2D eigenvalue weighted by Crippen LogP contribution is -2.28. The monoisotopic (exact) mass is 251 g/mol. The van der Waals surface area contributed by atoms with Crippen LogP contribution >= 0.6 is 11.6 Å². The summed E-state index contributed by atoms with van der Waals surface area (Å²) >= 11 is 5.91. The molecule has 1 aromatic carbocycles. The number of hydrogen-bond donors (Lipinski definition) is 1. The normalized spacial score (nSPS) is 11.9. The van der Waals surface area contributed by atoms with Crippen LogP contribution in [0.2, 0.25) is 5.02 Å². The maximum atomic E-state index is 11.1. The molecule has 1 aromatic heterocycles. The van der Waals surface area contributed by atoms with Gasteiger partial charge in [0.05, 0.1) is 5.41 Å². The lowest BCUT2D eigenvalue weighted by atomic mass is 9.94. The van der Waals surface area contributed by atoms with Crippen molar-refractivity contribution in [1.29, 1.82) is 0 Å². The highest BCUT2D eigenvalue weighted by Crippen LogP contribution is 2.25. The summed E-state index contributed by atoms with van der Waals surface area (Å²) in [6.45, 7) is 3.88. The first-order chi connectivity index (χ1) is 7.90. The number of carbonyl (C=O) groups is 1. The molecule has 17 heavy (non-hydrogen) atoms. The molecular formula is C13H14ClNO2. The van der Waals surface area contributed by atoms with Crippen molar-refractivity contribution in [3.63, 3.8) is 0 Å². The number of carboxylic acid groups (broad SMARTS) is 1. The van der Waals surface area contributed by atoms with Gasteiger partial charge in [0, 0.05) is 28.7 Å². The van der Waals surface area contributed by atoms with E-state index in [0.717, 1.165) is 10.9 Å². The van der Waals surface area contributed by atoms with Gasteiger partial charge in [-0.25, -0.2) is 0 Å². The highest BCUT2D eigenvalue weighted by atomic mass is 35.5. The molecule has 4 heteroatoms. The van der Waals surface area contributed by atoms with Gasteiger partial charge in [0.2, 0.25) is 0 Å². The van der Waals surface area contributed by atoms with Crippen LogP contribution in [0, 0.1) is 5.41 Å². The molecule has 1 heterocycles. The first kappa shape index (κ1) is 12.0. The highest BCUT2D eigenvalue weighted by Gasteiger charge is 2.27. The van der Waals surface area contributed by atoms with Gasteiger partial charge in [0.15, 0.2) is 0 Å². The molecule has 0 fully saturated rings. The second-order valence-corrected chi connectivity index (χ2v) is 5.27. The predicted molar refractivity (Wildman–Crippen MR) is 68.4 cm³/mol. The van der Waals surface area contributed by atoms with E-state index in [1.54, 1.807) is 13.8 Å². The molecule has 0 unspecified atom stereocenters. The molecule has 0 aliphatic carbocycles. The van der Waals surface area contributed by atoms with Crippen molar-refractivity contribution < 1.29 is 9.90 Å². The molecule has 2 rings (SSSR count). The highest BCUT2D eigenvalue weighted by molar-refractivity contribution is 6.31. The number of fused-ring (bicyclic) bond motifs is 1. The number of aromatic nitrogens is 1. The van der Waals surface area contributed by atoms with Gasteiger partial charge in [0.25, 0.3) is 0 Å². The standard InChI is InChI=1S/C13H14ClNO2/c1-13(2,12(16)17)8-15-6-5-9-7-10(14)3-4-11(9)15/h3-7H,8H2,1-2H3,(H,16,17). The third-order valence-electron chi connectivity index (χ3n) is 2.88. The molecule has 0 aliphatic rings. The minimum Gasteiger partial charge on any atom is -0.481 e. The quantitative estimate of drug-likeness (QED) is 0.908. The lowest BCUT2D eigenvalue weighted by molar-refractivity contribution is -0.147. The topological polar surface area (TPSA) is 42.2 Å². The summed E-state index contributed by atoms with van der Waals surface area (Å²) in [5.41, 5.74) is 0.217. The number of hydrogen-bond acceptors (Lipinski definition) is 1. The Kier molecular flexibility index (Phi) is 2.87. The average Bonchev–Trinajstić information content (AvgIpc) is 2.60. The Bertz CT molecular complexity index is 572. The molecule has 90 valence electrons. The summed E-state index contributed by atoms with van der Waals surface area (Å²) in [7, 11) is 0. The SMILES string of the molecule is CC(C)(Cn1ccc2cc(Cl)ccc21)C(=O)O. The van der Waals surface area contributed by atoms with Gasteiger partial charge in [-0.15, -0.1) is 0 Å². The van der Waals surface area contributed by atoms with Crippen LogP contribution in [0.1, 0.15) is 13.8 Å². The number of rotatable bonds is 3. The van der Waals surface area contributed by atoms with Gasteiger partial charge in [0.1, 0.15) is 0 Å². The van der Waals surface area contributed by atoms with E-state index in [-0.39, 0.29) is 0 Å². The summed E-state index contributed by atoms with van der Waals surface area (Å²) in [5, 5.41) is 10.8. The number of halogens is 1. The van der Waals surface area contributed by atoms with E-state index < -0.39 is 11.4 Å². The van der Waals surface area contributed by atoms with Crippen LogP contribution in [0.3, 0.4) is 0 Å². The van der Waals surface area contributed by atoms with Crippen LogP contribution in [0.4, 0.5) is 0 Å². The van der Waals surface area contributed by atoms with Crippen LogP contribution in [0.15, 0.2) is 30.5 Å². The maximum Gasteiger partial charge on any atom is 0.310 e. The molecule has 0 bridgehead atoms. The second-order valence-electron chi connectivity index (χ2n) is 4.84. The number of benzene rings is 1. The van der Waals surface area contributed by atoms with Gasteiger partial charge in [-0.05, 0) is 38.1 Å². The summed E-state index contributed by atoms with van der Waals surface area (Å²) in [5.74, 6) is -0.798. The zero-order chi connectivity index (χ0) is 12.6. The van der Waals surface area contributed by atoms with Gasteiger partial charge in [-0.1, -0.05) is 11.6 Å². The van der Waals surface area contributed by atoms with Gasteiger partial charge >= 0.3 is 5.97 Å². The van der Waals surface area contributed by atoms with E-state index in [2.05, 4.69) is 0 Å². The molecule has 0 atom stereocenters. The van der Waals surface area contributed by atoms with Crippen LogP contribution < -0.4 is 0 Å². The van der Waals surface area contributed by atoms with Crippen molar-refractivity contribution >= 4 is 28.5 Å². The van der Waals surface area contributed by atoms with Gasteiger partial charge in [-0.2, -0.15) is 0 Å². The Morgan fingerprint density at radius 2 is 2.12 bits per heavy atom. The van der Waals surface area contributed by atoms with Crippen molar-refractivity contribution in [2.75, 3.05) is 0 Å². The van der Waals surface area contributed by atoms with Crippen molar-refractivity contribution in [1.82, 2.24) is 4.57 Å². The lowest BCUT2D eigenvalue weighted by Gasteiger charge is -2.20. The molecule has 2 aromatic rings. The van der Waals surface area contributed by atoms with Crippen LogP contribution in [-0.4, -0.2) is 15.6 Å². The third-order valence-corrected chi connectivity index (χ3v) is 3.11. The fourth-order valence-electron chi connectivity index (χ4n) is 1.80. The average molecular weight is 252 g/mol. The van der Waals surface area contributed by atoms with Crippen molar-refractivity contribution in [2.24, 2.45) is 5.41 Å². The smallest absolute Gasteiger partial charge is 0.310 e. The molecule has 0 radical (unpaired) electrons. The predicted octanol–water partition coefficient (Wildman–Crippen LogP) is 3.41. The first-order valence-corrected chi connectivity index (χ1v) is 5.76. The van der Waals surface area contributed by atoms with Crippen LogP contribution in [0.5, 0.6) is 0 Å². The minimum atomic E-state index is -0.798. The molecule has 0 saturated carbocycles. The van der Waals surface area contributed by atoms with E-state index in [1.165, 1.54) is 0 Å². The Morgan fingerprint density at radius 3 is 2.76 bits per heavy atom. The fourth-order valence-corrected chi connectivity index (χ4v) is 1.98. The molecule has 3 nitrogen and oxygen atoms in total. The van der Waals surface area contributed by atoms with E-state index in [0.29, 0.717) is 11.6 Å². The Hall–Kier alpha value is -1.48. The minimum absolute atomic E-state index is 0.438. The third kappa shape index (κ3) is 2.29. The maximum absolute atomic E-state index is 11.1. The van der Waals surface area contributed by atoms with Crippen molar-refractivity contribution in [3.8, 4) is 0 Å². The summed E-state index contributed by atoms with van der Waals surface area (Å²) in [6.07, 6.45) is 1.89. The van der Waals surface area contributed by atoms with Gasteiger partial charge in [-0.3, -0.25) is 4.79 Å². The molecule has 1 N–H and O–H groups in total. The molecule has 0 saturated heterocycles. The zero-order valence-corrected chi connectivity index (χ0v) is 10.5. The van der Waals surface area contributed by atoms with Gasteiger partial charge < -0.3 is 9.67 Å². The second kappa shape index (κ2) is 4.08. The summed E-state index contributed by atoms with van der Waals surface area (Å²) in [4.78, 5) is 11.1. The van der Waals surface area contributed by atoms with E-state index in [1.807, 2.05) is 35.0 Å². The Balaban J connectivity index is 2.41. The first-order valence-electron chi connectivity index (χ1n) is 5.38. The molecular weight excluding hydrogens is 238 g/mol. The largest absolute Gasteiger partial charge is 0.481 e. The van der Waals surface area contributed by atoms with E-state index >= 15 is 0 Å². The van der Waals surface area contributed by atoms with E-state index in [4.69, 9.17) is 16.7 Å². The molecule has 0 spiro atoms. The summed E-state index contributed by atoms with van der Waals surface area (Å²) in [6, 6.07) is 7.55. The summed E-state index contributed by atoms with van der Waals surface area (Å²) < 4.78 is 1.94. The fraction of sp³-hybridized carbons (Fsp3) is 0.308. The number of carboxylic acids is 1. The Labute approximate surface area is 105 Å². The number of aliphatic carboxylic acids is 1. The van der Waals surface area contributed by atoms with Crippen LogP contribution in [0.25, 0.3) is 10.9 Å².